The monoisotopic (exact) mass is 317 g/mol. The van der Waals surface area contributed by atoms with Gasteiger partial charge in [-0.15, -0.1) is 0 Å². The number of rotatable bonds is 3. The molecule has 0 unspecified atom stereocenters. The molecule has 4 rings (SSSR count). The molecule has 2 aromatic heterocycles. The zero-order chi connectivity index (χ0) is 16.5. The fourth-order valence-corrected chi connectivity index (χ4v) is 3.42. The number of nitriles is 1. The minimum absolute atomic E-state index is 0.430. The van der Waals surface area contributed by atoms with E-state index in [-0.39, 0.29) is 0 Å². The van der Waals surface area contributed by atoms with E-state index in [1.54, 1.807) is 10.7 Å². The molecule has 3 heterocycles. The molecular formula is C19H19N5. The summed E-state index contributed by atoms with van der Waals surface area (Å²) in [5, 5.41) is 13.3. The number of nitrogens with zero attached hydrogens (tertiary/aromatic N) is 5. The molecule has 24 heavy (non-hydrogen) atoms. The number of hydrogen-bond donors (Lipinski definition) is 0. The average Bonchev–Trinajstić information content (AvgIpc) is 3.30. The van der Waals surface area contributed by atoms with Gasteiger partial charge in [-0.05, 0) is 50.0 Å². The Balaban J connectivity index is 1.69. The van der Waals surface area contributed by atoms with Crippen molar-refractivity contribution in [2.45, 2.75) is 25.8 Å². The molecule has 1 atom stereocenters. The predicted molar refractivity (Wildman–Crippen MR) is 92.4 cm³/mol. The molecular weight excluding hydrogens is 298 g/mol. The first kappa shape index (κ1) is 14.9. The Morgan fingerprint density at radius 2 is 2.00 bits per heavy atom. The lowest BCUT2D eigenvalue weighted by Gasteiger charge is -2.24. The molecule has 3 aromatic rings. The Bertz CT molecular complexity index is 915. The lowest BCUT2D eigenvalue weighted by molar-refractivity contribution is 0.263. The van der Waals surface area contributed by atoms with E-state index in [4.69, 9.17) is 5.26 Å². The topological polar surface area (TPSA) is 57.2 Å². The van der Waals surface area contributed by atoms with Crippen molar-refractivity contribution in [3.63, 3.8) is 0 Å². The highest BCUT2D eigenvalue weighted by molar-refractivity contribution is 5.65. The molecule has 0 saturated carbocycles. The van der Waals surface area contributed by atoms with Crippen LogP contribution in [0.3, 0.4) is 0 Å². The van der Waals surface area contributed by atoms with E-state index in [2.05, 4.69) is 52.2 Å². The van der Waals surface area contributed by atoms with Gasteiger partial charge in [0.2, 0.25) is 0 Å². The SMILES string of the molecule is C[C@@H](c1cccc(-c2cnc3c(C#N)cnn3c2)c1)N1CCCC1. The van der Waals surface area contributed by atoms with Gasteiger partial charge in [-0.3, -0.25) is 4.90 Å². The van der Waals surface area contributed by atoms with Crippen LogP contribution in [0.5, 0.6) is 0 Å². The summed E-state index contributed by atoms with van der Waals surface area (Å²) in [6.07, 6.45) is 7.90. The van der Waals surface area contributed by atoms with Crippen molar-refractivity contribution in [3.8, 4) is 17.2 Å². The minimum Gasteiger partial charge on any atom is -0.297 e. The summed E-state index contributed by atoms with van der Waals surface area (Å²) in [5.41, 5.74) is 4.56. The van der Waals surface area contributed by atoms with E-state index in [1.807, 2.05) is 12.4 Å². The van der Waals surface area contributed by atoms with E-state index in [0.29, 0.717) is 17.3 Å². The molecule has 1 aliphatic rings. The minimum atomic E-state index is 0.430. The molecule has 1 aliphatic heterocycles. The van der Waals surface area contributed by atoms with Crippen LogP contribution in [0.2, 0.25) is 0 Å². The van der Waals surface area contributed by atoms with Crippen molar-refractivity contribution in [1.82, 2.24) is 19.5 Å². The highest BCUT2D eigenvalue weighted by Gasteiger charge is 2.19. The van der Waals surface area contributed by atoms with Gasteiger partial charge in [-0.1, -0.05) is 18.2 Å². The van der Waals surface area contributed by atoms with Gasteiger partial charge in [0.15, 0.2) is 5.65 Å². The van der Waals surface area contributed by atoms with Gasteiger partial charge in [0.25, 0.3) is 0 Å². The predicted octanol–water partition coefficient (Wildman–Crippen LogP) is 3.42. The summed E-state index contributed by atoms with van der Waals surface area (Å²) < 4.78 is 1.67. The Kier molecular flexibility index (Phi) is 3.75. The number of hydrogen-bond acceptors (Lipinski definition) is 4. The molecule has 120 valence electrons. The summed E-state index contributed by atoms with van der Waals surface area (Å²) in [6, 6.07) is 11.2. The Morgan fingerprint density at radius 1 is 1.17 bits per heavy atom. The Hall–Kier alpha value is -2.71. The summed E-state index contributed by atoms with van der Waals surface area (Å²) in [5.74, 6) is 0. The van der Waals surface area contributed by atoms with Crippen molar-refractivity contribution in [3.05, 3.63) is 54.0 Å². The summed E-state index contributed by atoms with van der Waals surface area (Å²) in [7, 11) is 0. The van der Waals surface area contributed by atoms with E-state index >= 15 is 0 Å². The first-order valence-electron chi connectivity index (χ1n) is 8.34. The first-order valence-corrected chi connectivity index (χ1v) is 8.34. The molecule has 0 aliphatic carbocycles. The summed E-state index contributed by atoms with van der Waals surface area (Å²) >= 11 is 0. The fraction of sp³-hybridized carbons (Fsp3) is 0.316. The van der Waals surface area contributed by atoms with Crippen LogP contribution in [-0.2, 0) is 0 Å². The van der Waals surface area contributed by atoms with Crippen molar-refractivity contribution < 1.29 is 0 Å². The zero-order valence-corrected chi connectivity index (χ0v) is 13.7. The van der Waals surface area contributed by atoms with Gasteiger partial charge in [0.05, 0.1) is 6.20 Å². The maximum atomic E-state index is 9.06. The highest BCUT2D eigenvalue weighted by atomic mass is 15.2. The third-order valence-electron chi connectivity index (χ3n) is 4.87. The quantitative estimate of drug-likeness (QED) is 0.742. The molecule has 0 radical (unpaired) electrons. The van der Waals surface area contributed by atoms with Crippen LogP contribution in [0, 0.1) is 11.3 Å². The number of likely N-dealkylation sites (tertiary alicyclic amines) is 1. The molecule has 0 amide bonds. The van der Waals surface area contributed by atoms with Crippen LogP contribution in [0.1, 0.15) is 36.9 Å². The second-order valence-electron chi connectivity index (χ2n) is 6.33. The smallest absolute Gasteiger partial charge is 0.172 e. The van der Waals surface area contributed by atoms with Crippen molar-refractivity contribution in [2.75, 3.05) is 13.1 Å². The third kappa shape index (κ3) is 2.55. The second kappa shape index (κ2) is 6.06. The van der Waals surface area contributed by atoms with Crippen LogP contribution in [0.4, 0.5) is 0 Å². The molecule has 1 aromatic carbocycles. The molecule has 0 N–H and O–H groups in total. The second-order valence-corrected chi connectivity index (χ2v) is 6.33. The first-order chi connectivity index (χ1) is 11.8. The largest absolute Gasteiger partial charge is 0.297 e. The van der Waals surface area contributed by atoms with Crippen LogP contribution in [0.15, 0.2) is 42.9 Å². The van der Waals surface area contributed by atoms with Gasteiger partial charge in [-0.2, -0.15) is 10.4 Å². The number of benzene rings is 1. The standard InChI is InChI=1S/C19H19N5/c1-14(23-7-2-3-8-23)15-5-4-6-16(9-15)18-11-21-19-17(10-20)12-22-24(19)13-18/h4-6,9,11-14H,2-3,7-8H2,1H3/t14-/m0/s1. The lowest BCUT2D eigenvalue weighted by Crippen LogP contribution is -2.23. The molecule has 5 heteroatoms. The highest BCUT2D eigenvalue weighted by Crippen LogP contribution is 2.28. The van der Waals surface area contributed by atoms with Crippen molar-refractivity contribution in [2.24, 2.45) is 0 Å². The van der Waals surface area contributed by atoms with Gasteiger partial charge < -0.3 is 0 Å². The molecule has 0 spiro atoms. The number of aromatic nitrogens is 3. The van der Waals surface area contributed by atoms with Crippen LogP contribution < -0.4 is 0 Å². The van der Waals surface area contributed by atoms with E-state index in [9.17, 15) is 0 Å². The molecule has 5 nitrogen and oxygen atoms in total. The maximum absolute atomic E-state index is 9.06. The zero-order valence-electron chi connectivity index (χ0n) is 13.7. The molecule has 0 bridgehead atoms. The van der Waals surface area contributed by atoms with Crippen LogP contribution in [0.25, 0.3) is 16.8 Å². The van der Waals surface area contributed by atoms with Gasteiger partial charge in [0.1, 0.15) is 11.6 Å². The van der Waals surface area contributed by atoms with Crippen molar-refractivity contribution in [1.29, 1.82) is 5.26 Å². The average molecular weight is 317 g/mol. The Morgan fingerprint density at radius 3 is 2.79 bits per heavy atom. The summed E-state index contributed by atoms with van der Waals surface area (Å²) in [6.45, 7) is 4.64. The third-order valence-corrected chi connectivity index (χ3v) is 4.87. The lowest BCUT2D eigenvalue weighted by atomic mass is 10.0. The molecule has 1 saturated heterocycles. The van der Waals surface area contributed by atoms with Crippen LogP contribution >= 0.6 is 0 Å². The van der Waals surface area contributed by atoms with Crippen molar-refractivity contribution >= 4 is 5.65 Å². The van der Waals surface area contributed by atoms with Gasteiger partial charge >= 0.3 is 0 Å². The van der Waals surface area contributed by atoms with Crippen LogP contribution in [-0.4, -0.2) is 32.6 Å². The van der Waals surface area contributed by atoms with E-state index in [0.717, 1.165) is 11.1 Å². The fourth-order valence-electron chi connectivity index (χ4n) is 3.42. The maximum Gasteiger partial charge on any atom is 0.172 e. The van der Waals surface area contributed by atoms with E-state index in [1.165, 1.54) is 31.5 Å². The molecule has 1 fully saturated rings. The van der Waals surface area contributed by atoms with Gasteiger partial charge in [-0.25, -0.2) is 9.50 Å². The summed E-state index contributed by atoms with van der Waals surface area (Å²) in [4.78, 5) is 6.94. The normalized spacial score (nSPS) is 16.3. The van der Waals surface area contributed by atoms with E-state index < -0.39 is 0 Å². The van der Waals surface area contributed by atoms with Gasteiger partial charge in [0, 0.05) is 24.0 Å². The Labute approximate surface area is 141 Å². The number of fused-ring (bicyclic) bond motifs is 1.